The van der Waals surface area contributed by atoms with Crippen LogP contribution in [0.1, 0.15) is 19.8 Å². The van der Waals surface area contributed by atoms with Gasteiger partial charge in [-0.05, 0) is 24.6 Å². The fourth-order valence-corrected chi connectivity index (χ4v) is 3.00. The van der Waals surface area contributed by atoms with Crippen molar-refractivity contribution in [1.82, 2.24) is 5.32 Å². The molecule has 0 aromatic heterocycles. The van der Waals surface area contributed by atoms with Gasteiger partial charge in [-0.2, -0.15) is 0 Å². The van der Waals surface area contributed by atoms with Crippen LogP contribution in [0.2, 0.25) is 10.0 Å². The molecule has 0 heterocycles. The lowest BCUT2D eigenvalue weighted by atomic mass is 10.0. The van der Waals surface area contributed by atoms with Crippen molar-refractivity contribution in [3.05, 3.63) is 28.2 Å². The van der Waals surface area contributed by atoms with E-state index in [2.05, 4.69) is 5.32 Å². The molecule has 0 saturated carbocycles. The molecule has 116 valence electrons. The first kappa shape index (κ1) is 18.1. The second-order valence-corrected chi connectivity index (χ2v) is 6.35. The monoisotopic (exact) mass is 349 g/mol. The van der Waals surface area contributed by atoms with E-state index in [-0.39, 0.29) is 18.2 Å². The van der Waals surface area contributed by atoms with E-state index in [1.165, 1.54) is 11.8 Å². The molecule has 0 aliphatic carbocycles. The van der Waals surface area contributed by atoms with Crippen molar-refractivity contribution < 1.29 is 14.7 Å². The van der Waals surface area contributed by atoms with Crippen LogP contribution in [0, 0.1) is 5.92 Å². The number of thioether (sulfide) groups is 1. The number of carbonyl (C=O) groups excluding carboxylic acids is 1. The van der Waals surface area contributed by atoms with Crippen LogP contribution in [0.3, 0.4) is 0 Å². The maximum Gasteiger partial charge on any atom is 0.308 e. The lowest BCUT2D eigenvalue weighted by Crippen LogP contribution is -2.33. The van der Waals surface area contributed by atoms with Crippen molar-refractivity contribution in [2.75, 3.05) is 12.3 Å². The maximum absolute atomic E-state index is 11.7. The molecule has 0 fully saturated rings. The number of carboxylic acids is 1. The molecule has 0 spiro atoms. The summed E-state index contributed by atoms with van der Waals surface area (Å²) < 4.78 is 0. The molecule has 7 heteroatoms. The number of rotatable bonds is 8. The van der Waals surface area contributed by atoms with E-state index < -0.39 is 11.9 Å². The molecule has 1 amide bonds. The van der Waals surface area contributed by atoms with Gasteiger partial charge in [0, 0.05) is 16.5 Å². The molecule has 1 rings (SSSR count). The molecule has 1 aromatic rings. The maximum atomic E-state index is 11.7. The first-order chi connectivity index (χ1) is 9.93. The fourth-order valence-electron chi connectivity index (χ4n) is 1.68. The molecular formula is C14H17Cl2NO3S. The quantitative estimate of drug-likeness (QED) is 0.702. The Morgan fingerprint density at radius 2 is 2.10 bits per heavy atom. The lowest BCUT2D eigenvalue weighted by molar-refractivity contribution is -0.141. The van der Waals surface area contributed by atoms with Crippen molar-refractivity contribution in [2.45, 2.75) is 24.7 Å². The first-order valence-electron chi connectivity index (χ1n) is 6.51. The van der Waals surface area contributed by atoms with Crippen LogP contribution in [-0.2, 0) is 9.59 Å². The molecule has 2 N–H and O–H groups in total. The Morgan fingerprint density at radius 3 is 2.71 bits per heavy atom. The third kappa shape index (κ3) is 6.59. The third-order valence-corrected chi connectivity index (χ3v) is 4.52. The van der Waals surface area contributed by atoms with Crippen molar-refractivity contribution in [3.63, 3.8) is 0 Å². The average molecular weight is 350 g/mol. The number of carboxylic acid groups (broad SMARTS) is 1. The lowest BCUT2D eigenvalue weighted by Gasteiger charge is -2.12. The topological polar surface area (TPSA) is 66.4 Å². The van der Waals surface area contributed by atoms with Crippen molar-refractivity contribution in [2.24, 2.45) is 5.92 Å². The number of halogens is 2. The van der Waals surface area contributed by atoms with E-state index in [0.29, 0.717) is 16.5 Å². The zero-order chi connectivity index (χ0) is 15.8. The van der Waals surface area contributed by atoms with Crippen LogP contribution in [0.25, 0.3) is 0 Å². The molecule has 1 aromatic carbocycles. The van der Waals surface area contributed by atoms with Gasteiger partial charge in [0.2, 0.25) is 5.91 Å². The van der Waals surface area contributed by atoms with Crippen LogP contribution >= 0.6 is 35.0 Å². The van der Waals surface area contributed by atoms with Gasteiger partial charge in [0.05, 0.1) is 16.7 Å². The van der Waals surface area contributed by atoms with Gasteiger partial charge >= 0.3 is 5.97 Å². The summed E-state index contributed by atoms with van der Waals surface area (Å²) in [5.74, 6) is -1.49. The van der Waals surface area contributed by atoms with Gasteiger partial charge in [-0.3, -0.25) is 9.59 Å². The van der Waals surface area contributed by atoms with Crippen molar-refractivity contribution in [3.8, 4) is 0 Å². The molecule has 0 aliphatic rings. The normalized spacial score (nSPS) is 12.0. The number of hydrogen-bond donors (Lipinski definition) is 2. The second kappa shape index (κ2) is 9.18. The number of carbonyl (C=O) groups is 2. The van der Waals surface area contributed by atoms with Gasteiger partial charge in [0.25, 0.3) is 0 Å². The van der Waals surface area contributed by atoms with E-state index in [1.54, 1.807) is 18.2 Å². The molecular weight excluding hydrogens is 333 g/mol. The zero-order valence-electron chi connectivity index (χ0n) is 11.6. The van der Waals surface area contributed by atoms with Crippen LogP contribution < -0.4 is 5.32 Å². The molecule has 0 bridgehead atoms. The summed E-state index contributed by atoms with van der Waals surface area (Å²) in [5.41, 5.74) is 0. The predicted octanol–water partition coefficient (Wildman–Crippen LogP) is 3.70. The van der Waals surface area contributed by atoms with Crippen LogP contribution in [0.5, 0.6) is 0 Å². The number of aliphatic carboxylic acids is 1. The summed E-state index contributed by atoms with van der Waals surface area (Å²) in [6.07, 6.45) is 1.31. The Kier molecular flexibility index (Phi) is 7.93. The Morgan fingerprint density at radius 1 is 1.38 bits per heavy atom. The standard InChI is InChI=1S/C14H17Cl2NO3S/c1-2-3-9(14(19)20)7-17-13(18)8-21-12-6-10(15)4-5-11(12)16/h4-6,9H,2-3,7-8H2,1H3,(H,17,18)(H,19,20). The van der Waals surface area contributed by atoms with E-state index in [1.807, 2.05) is 6.92 Å². The van der Waals surface area contributed by atoms with E-state index >= 15 is 0 Å². The number of amides is 1. The van der Waals surface area contributed by atoms with Crippen molar-refractivity contribution in [1.29, 1.82) is 0 Å². The summed E-state index contributed by atoms with van der Waals surface area (Å²) in [6, 6.07) is 5.04. The zero-order valence-corrected chi connectivity index (χ0v) is 13.9. The largest absolute Gasteiger partial charge is 0.481 e. The molecule has 1 unspecified atom stereocenters. The Labute approximate surface area is 138 Å². The fraction of sp³-hybridized carbons (Fsp3) is 0.429. The number of benzene rings is 1. The minimum atomic E-state index is -0.886. The third-order valence-electron chi connectivity index (χ3n) is 2.78. The van der Waals surface area contributed by atoms with Crippen LogP contribution in [-0.4, -0.2) is 29.3 Å². The number of hydrogen-bond acceptors (Lipinski definition) is 3. The highest BCUT2D eigenvalue weighted by molar-refractivity contribution is 8.00. The molecule has 21 heavy (non-hydrogen) atoms. The predicted molar refractivity (Wildman–Crippen MR) is 86.2 cm³/mol. The van der Waals surface area contributed by atoms with Crippen molar-refractivity contribution >= 4 is 46.8 Å². The summed E-state index contributed by atoms with van der Waals surface area (Å²) >= 11 is 13.1. The SMILES string of the molecule is CCCC(CNC(=O)CSc1cc(Cl)ccc1Cl)C(=O)O. The van der Waals surface area contributed by atoms with Crippen LogP contribution in [0.4, 0.5) is 0 Å². The summed E-state index contributed by atoms with van der Waals surface area (Å²) in [6.45, 7) is 2.06. The highest BCUT2D eigenvalue weighted by Gasteiger charge is 2.17. The summed E-state index contributed by atoms with van der Waals surface area (Å²) in [7, 11) is 0. The molecule has 0 saturated heterocycles. The molecule has 4 nitrogen and oxygen atoms in total. The Bertz CT molecular complexity index is 511. The Balaban J connectivity index is 2.43. The smallest absolute Gasteiger partial charge is 0.308 e. The second-order valence-electron chi connectivity index (χ2n) is 4.49. The minimum absolute atomic E-state index is 0.145. The minimum Gasteiger partial charge on any atom is -0.481 e. The van der Waals surface area contributed by atoms with E-state index in [9.17, 15) is 9.59 Å². The van der Waals surface area contributed by atoms with E-state index in [4.69, 9.17) is 28.3 Å². The molecule has 1 atom stereocenters. The number of nitrogens with one attached hydrogen (secondary N) is 1. The highest BCUT2D eigenvalue weighted by atomic mass is 35.5. The summed E-state index contributed by atoms with van der Waals surface area (Å²) in [4.78, 5) is 23.4. The molecule has 0 radical (unpaired) electrons. The summed E-state index contributed by atoms with van der Waals surface area (Å²) in [5, 5.41) is 12.7. The molecule has 0 aliphatic heterocycles. The van der Waals surface area contributed by atoms with Gasteiger partial charge in [-0.15, -0.1) is 11.8 Å². The van der Waals surface area contributed by atoms with Gasteiger partial charge in [0.15, 0.2) is 0 Å². The van der Waals surface area contributed by atoms with Gasteiger partial charge in [0.1, 0.15) is 0 Å². The van der Waals surface area contributed by atoms with Gasteiger partial charge in [-0.25, -0.2) is 0 Å². The van der Waals surface area contributed by atoms with Crippen LogP contribution in [0.15, 0.2) is 23.1 Å². The highest BCUT2D eigenvalue weighted by Crippen LogP contribution is 2.29. The first-order valence-corrected chi connectivity index (χ1v) is 8.25. The van der Waals surface area contributed by atoms with Gasteiger partial charge < -0.3 is 10.4 Å². The van der Waals surface area contributed by atoms with Gasteiger partial charge in [-0.1, -0.05) is 36.5 Å². The average Bonchev–Trinajstić information content (AvgIpc) is 2.44. The van der Waals surface area contributed by atoms with E-state index in [0.717, 1.165) is 11.3 Å². The Hall–Kier alpha value is -0.910.